The van der Waals surface area contributed by atoms with Gasteiger partial charge in [0.2, 0.25) is 15.4 Å². The fourth-order valence-corrected chi connectivity index (χ4v) is 4.15. The number of benzene rings is 1. The van der Waals surface area contributed by atoms with E-state index < -0.39 is 16.1 Å². The van der Waals surface area contributed by atoms with Crippen molar-refractivity contribution in [1.29, 1.82) is 0 Å². The molecule has 0 saturated heterocycles. The van der Waals surface area contributed by atoms with E-state index in [2.05, 4.69) is 20.2 Å². The van der Waals surface area contributed by atoms with Crippen LogP contribution in [0.3, 0.4) is 0 Å². The number of carbonyl (C=O) groups is 1. The van der Waals surface area contributed by atoms with Gasteiger partial charge in [0.1, 0.15) is 0 Å². The second-order valence-electron chi connectivity index (χ2n) is 6.20. The van der Waals surface area contributed by atoms with Crippen molar-refractivity contribution in [3.63, 3.8) is 0 Å². The number of aromatic nitrogens is 2. The number of hydrogen-bond acceptors (Lipinski definition) is 6. The third-order valence-corrected chi connectivity index (χ3v) is 6.50. The van der Waals surface area contributed by atoms with Crippen LogP contribution in [0.1, 0.15) is 43.5 Å². The van der Waals surface area contributed by atoms with Gasteiger partial charge in [-0.2, -0.15) is 0 Å². The van der Waals surface area contributed by atoms with Gasteiger partial charge in [0.05, 0.1) is 0 Å². The number of hydrogen-bond donors (Lipinski definition) is 2. The summed E-state index contributed by atoms with van der Waals surface area (Å²) in [4.78, 5) is 11.7. The van der Waals surface area contributed by atoms with Gasteiger partial charge in [-0.25, -0.2) is 13.1 Å². The van der Waals surface area contributed by atoms with Gasteiger partial charge in [0, 0.05) is 12.0 Å². The molecule has 9 heteroatoms. The lowest BCUT2D eigenvalue weighted by molar-refractivity contribution is -0.118. The highest BCUT2D eigenvalue weighted by molar-refractivity contribution is 7.91. The lowest BCUT2D eigenvalue weighted by Gasteiger charge is -2.14. The lowest BCUT2D eigenvalue weighted by atomic mass is 10.0. The molecule has 0 aliphatic rings. The van der Waals surface area contributed by atoms with Crippen molar-refractivity contribution >= 4 is 32.4 Å². The normalized spacial score (nSPS) is 13.0. The Kier molecular flexibility index (Phi) is 5.91. The number of anilines is 1. The maximum atomic E-state index is 12.5. The minimum absolute atomic E-state index is 0.165. The number of nitrogens with zero attached hydrogens (tertiary/aromatic N) is 2. The van der Waals surface area contributed by atoms with E-state index >= 15 is 0 Å². The molecule has 2 N–H and O–H groups in total. The summed E-state index contributed by atoms with van der Waals surface area (Å²) in [5.41, 5.74) is 3.11. The van der Waals surface area contributed by atoms with E-state index in [0.717, 1.165) is 28.0 Å². The Labute approximate surface area is 151 Å². The largest absolute Gasteiger partial charge is 0.300 e. The van der Waals surface area contributed by atoms with Gasteiger partial charge in [0.15, 0.2) is 0 Å². The van der Waals surface area contributed by atoms with Gasteiger partial charge in [-0.1, -0.05) is 43.4 Å². The Morgan fingerprint density at radius 2 is 1.80 bits per heavy atom. The molecule has 1 amide bonds. The third kappa shape index (κ3) is 4.83. The fourth-order valence-electron chi connectivity index (χ4n) is 2.00. The SMILES string of the molecule is Cc1ccc([C@@H](C)NS(=O)(=O)c2nnc(NC(=O)C(C)C)s2)cc1C. The zero-order chi connectivity index (χ0) is 18.8. The molecule has 0 bridgehead atoms. The molecule has 0 spiro atoms. The Bertz CT molecular complexity index is 875. The Hall–Kier alpha value is -1.84. The minimum atomic E-state index is -3.82. The average Bonchev–Trinajstić information content (AvgIpc) is 2.98. The topological polar surface area (TPSA) is 101 Å². The average molecular weight is 383 g/mol. The third-order valence-electron chi connectivity index (χ3n) is 3.75. The van der Waals surface area contributed by atoms with E-state index in [1.807, 2.05) is 32.0 Å². The molecular weight excluding hydrogens is 360 g/mol. The van der Waals surface area contributed by atoms with Gasteiger partial charge in [-0.05, 0) is 37.5 Å². The number of carbonyl (C=O) groups excluding carboxylic acids is 1. The van der Waals surface area contributed by atoms with Crippen LogP contribution in [0.5, 0.6) is 0 Å². The first-order valence-corrected chi connectivity index (χ1v) is 10.1. The molecule has 0 saturated carbocycles. The van der Waals surface area contributed by atoms with E-state index in [0.29, 0.717) is 0 Å². The second kappa shape index (κ2) is 7.59. The van der Waals surface area contributed by atoms with Crippen LogP contribution in [-0.2, 0) is 14.8 Å². The molecule has 1 aromatic heterocycles. The van der Waals surface area contributed by atoms with E-state index in [1.54, 1.807) is 20.8 Å². The van der Waals surface area contributed by atoms with Gasteiger partial charge in [0.25, 0.3) is 10.0 Å². The van der Waals surface area contributed by atoms with Crippen molar-refractivity contribution in [2.75, 3.05) is 5.32 Å². The molecule has 0 radical (unpaired) electrons. The van der Waals surface area contributed by atoms with Crippen molar-refractivity contribution < 1.29 is 13.2 Å². The molecule has 1 aromatic carbocycles. The molecule has 2 rings (SSSR count). The molecule has 0 fully saturated rings. The van der Waals surface area contributed by atoms with Crippen molar-refractivity contribution in [2.45, 2.75) is 45.0 Å². The zero-order valence-electron chi connectivity index (χ0n) is 14.8. The summed E-state index contributed by atoms with van der Waals surface area (Å²) in [5.74, 6) is -0.469. The van der Waals surface area contributed by atoms with E-state index in [-0.39, 0.29) is 21.3 Å². The van der Waals surface area contributed by atoms with E-state index in [9.17, 15) is 13.2 Å². The minimum Gasteiger partial charge on any atom is -0.300 e. The summed E-state index contributed by atoms with van der Waals surface area (Å²) in [6, 6.07) is 5.39. The predicted octanol–water partition coefficient (Wildman–Crippen LogP) is 2.79. The number of sulfonamides is 1. The Morgan fingerprint density at radius 3 is 2.40 bits per heavy atom. The summed E-state index contributed by atoms with van der Waals surface area (Å²) in [5, 5.41) is 10.1. The standard InChI is InChI=1S/C16H22N4O3S2/c1-9(2)14(21)17-15-18-19-16(24-15)25(22,23)20-12(5)13-7-6-10(3)11(4)8-13/h6-9,12,20H,1-5H3,(H,17,18,21)/t12-/m1/s1. The summed E-state index contributed by atoms with van der Waals surface area (Å²) in [6.07, 6.45) is 0. The summed E-state index contributed by atoms with van der Waals surface area (Å²) < 4.78 is 27.4. The highest BCUT2D eigenvalue weighted by atomic mass is 32.2. The first kappa shape index (κ1) is 19.5. The molecule has 136 valence electrons. The second-order valence-corrected chi connectivity index (χ2v) is 9.07. The van der Waals surface area contributed by atoms with Crippen LogP contribution in [-0.4, -0.2) is 24.5 Å². The number of aryl methyl sites for hydroxylation is 2. The summed E-state index contributed by atoms with van der Waals surface area (Å²) >= 11 is 0.824. The Balaban J connectivity index is 2.14. The number of amides is 1. The monoisotopic (exact) mass is 382 g/mol. The van der Waals surface area contributed by atoms with Crippen molar-refractivity contribution in [1.82, 2.24) is 14.9 Å². The zero-order valence-corrected chi connectivity index (χ0v) is 16.5. The van der Waals surface area contributed by atoms with Crippen LogP contribution < -0.4 is 10.0 Å². The first-order valence-electron chi connectivity index (χ1n) is 7.84. The van der Waals surface area contributed by atoms with E-state index in [1.165, 1.54) is 0 Å². The highest BCUT2D eigenvalue weighted by Gasteiger charge is 2.24. The van der Waals surface area contributed by atoms with Crippen LogP contribution in [0, 0.1) is 19.8 Å². The van der Waals surface area contributed by atoms with Crippen molar-refractivity contribution in [2.24, 2.45) is 5.92 Å². The summed E-state index contributed by atoms with van der Waals surface area (Å²) in [7, 11) is -3.82. The molecule has 25 heavy (non-hydrogen) atoms. The fraction of sp³-hybridized carbons (Fsp3) is 0.438. The Morgan fingerprint density at radius 1 is 1.12 bits per heavy atom. The maximum Gasteiger partial charge on any atom is 0.270 e. The number of nitrogens with one attached hydrogen (secondary N) is 2. The van der Waals surface area contributed by atoms with Gasteiger partial charge >= 0.3 is 0 Å². The van der Waals surface area contributed by atoms with Gasteiger partial charge in [-0.15, -0.1) is 10.2 Å². The van der Waals surface area contributed by atoms with Gasteiger partial charge < -0.3 is 5.32 Å². The smallest absolute Gasteiger partial charge is 0.270 e. The van der Waals surface area contributed by atoms with Crippen molar-refractivity contribution in [3.8, 4) is 0 Å². The van der Waals surface area contributed by atoms with Crippen LogP contribution >= 0.6 is 11.3 Å². The molecule has 1 atom stereocenters. The van der Waals surface area contributed by atoms with E-state index in [4.69, 9.17) is 0 Å². The van der Waals surface area contributed by atoms with Crippen LogP contribution in [0.25, 0.3) is 0 Å². The highest BCUT2D eigenvalue weighted by Crippen LogP contribution is 2.23. The molecule has 2 aromatic rings. The van der Waals surface area contributed by atoms with Crippen LogP contribution in [0.2, 0.25) is 0 Å². The predicted molar refractivity (Wildman–Crippen MR) is 98.0 cm³/mol. The molecule has 0 unspecified atom stereocenters. The molecule has 0 aliphatic carbocycles. The quantitative estimate of drug-likeness (QED) is 0.748. The molecule has 7 nitrogen and oxygen atoms in total. The molecule has 0 aliphatic heterocycles. The van der Waals surface area contributed by atoms with Crippen LogP contribution in [0.15, 0.2) is 22.5 Å². The molecular formula is C16H22N4O3S2. The lowest BCUT2D eigenvalue weighted by Crippen LogP contribution is -2.27. The summed E-state index contributed by atoms with van der Waals surface area (Å²) in [6.45, 7) is 9.22. The molecule has 1 heterocycles. The van der Waals surface area contributed by atoms with Crippen LogP contribution in [0.4, 0.5) is 5.13 Å². The number of rotatable bonds is 6. The van der Waals surface area contributed by atoms with Crippen molar-refractivity contribution in [3.05, 3.63) is 34.9 Å². The first-order chi connectivity index (χ1) is 11.6. The van der Waals surface area contributed by atoms with Gasteiger partial charge in [-0.3, -0.25) is 4.79 Å². The maximum absolute atomic E-state index is 12.5.